The SMILES string of the molecule is O=C(CCCCl)N(c1ccccc1)C1CCN(Cc2ccccc2)CC1. The molecule has 1 heterocycles. The van der Waals surface area contributed by atoms with Crippen molar-refractivity contribution in [2.45, 2.75) is 38.3 Å². The predicted octanol–water partition coefficient (Wildman–Crippen LogP) is 4.70. The highest BCUT2D eigenvalue weighted by Gasteiger charge is 2.28. The van der Waals surface area contributed by atoms with E-state index in [1.54, 1.807) is 0 Å². The van der Waals surface area contributed by atoms with Gasteiger partial charge in [0.25, 0.3) is 0 Å². The van der Waals surface area contributed by atoms with Crippen molar-refractivity contribution in [3.63, 3.8) is 0 Å². The van der Waals surface area contributed by atoms with Gasteiger partial charge >= 0.3 is 0 Å². The molecular weight excluding hydrogens is 344 g/mol. The number of nitrogens with zero attached hydrogens (tertiary/aromatic N) is 2. The molecule has 0 aliphatic carbocycles. The standard InChI is InChI=1S/C22H27ClN2O/c23-15-7-12-22(26)25(20-10-5-2-6-11-20)21-13-16-24(17-14-21)18-19-8-3-1-4-9-19/h1-6,8-11,21H,7,12-18H2. The van der Waals surface area contributed by atoms with E-state index in [0.717, 1.165) is 44.6 Å². The summed E-state index contributed by atoms with van der Waals surface area (Å²) in [6.45, 7) is 3.02. The molecule has 26 heavy (non-hydrogen) atoms. The average Bonchev–Trinajstić information content (AvgIpc) is 2.69. The zero-order chi connectivity index (χ0) is 18.2. The van der Waals surface area contributed by atoms with Crippen molar-refractivity contribution in [3.8, 4) is 0 Å². The molecule has 1 aliphatic rings. The number of carbonyl (C=O) groups is 1. The fourth-order valence-electron chi connectivity index (χ4n) is 3.66. The normalized spacial score (nSPS) is 15.7. The van der Waals surface area contributed by atoms with Gasteiger partial charge in [0, 0.05) is 43.7 Å². The van der Waals surface area contributed by atoms with Crippen LogP contribution in [-0.2, 0) is 11.3 Å². The van der Waals surface area contributed by atoms with Crippen LogP contribution in [0.5, 0.6) is 0 Å². The molecule has 0 atom stereocenters. The third-order valence-electron chi connectivity index (χ3n) is 5.00. The van der Waals surface area contributed by atoms with E-state index < -0.39 is 0 Å². The first-order chi connectivity index (χ1) is 12.8. The maximum atomic E-state index is 12.8. The third kappa shape index (κ3) is 5.09. The van der Waals surface area contributed by atoms with E-state index in [9.17, 15) is 4.79 Å². The van der Waals surface area contributed by atoms with E-state index >= 15 is 0 Å². The first-order valence-electron chi connectivity index (χ1n) is 9.47. The van der Waals surface area contributed by atoms with Gasteiger partial charge in [-0.3, -0.25) is 9.69 Å². The van der Waals surface area contributed by atoms with Crippen LogP contribution in [0, 0.1) is 0 Å². The van der Waals surface area contributed by atoms with Crippen molar-refractivity contribution in [2.75, 3.05) is 23.9 Å². The zero-order valence-corrected chi connectivity index (χ0v) is 15.9. The highest BCUT2D eigenvalue weighted by atomic mass is 35.5. The van der Waals surface area contributed by atoms with Gasteiger partial charge in [-0.2, -0.15) is 0 Å². The Balaban J connectivity index is 1.64. The lowest BCUT2D eigenvalue weighted by molar-refractivity contribution is -0.119. The lowest BCUT2D eigenvalue weighted by Crippen LogP contribution is -2.47. The number of rotatable bonds is 7. The van der Waals surface area contributed by atoms with Crippen LogP contribution in [0.25, 0.3) is 0 Å². The number of alkyl halides is 1. The molecule has 0 spiro atoms. The molecule has 0 N–H and O–H groups in total. The number of anilines is 1. The number of carbonyl (C=O) groups excluding carboxylic acids is 1. The Labute approximate surface area is 161 Å². The van der Waals surface area contributed by atoms with Crippen LogP contribution < -0.4 is 4.90 Å². The van der Waals surface area contributed by atoms with Crippen molar-refractivity contribution in [1.29, 1.82) is 0 Å². The molecule has 1 amide bonds. The van der Waals surface area contributed by atoms with Gasteiger partial charge < -0.3 is 4.90 Å². The molecule has 0 radical (unpaired) electrons. The van der Waals surface area contributed by atoms with Crippen molar-refractivity contribution >= 4 is 23.2 Å². The second-order valence-electron chi connectivity index (χ2n) is 6.88. The molecule has 2 aromatic rings. The summed E-state index contributed by atoms with van der Waals surface area (Å²) in [7, 11) is 0. The van der Waals surface area contributed by atoms with E-state index in [1.807, 2.05) is 35.2 Å². The topological polar surface area (TPSA) is 23.6 Å². The van der Waals surface area contributed by atoms with E-state index in [1.165, 1.54) is 5.56 Å². The molecule has 4 heteroatoms. The van der Waals surface area contributed by atoms with Gasteiger partial charge in [-0.05, 0) is 37.0 Å². The van der Waals surface area contributed by atoms with E-state index in [0.29, 0.717) is 12.3 Å². The second-order valence-corrected chi connectivity index (χ2v) is 7.26. The number of amides is 1. The Hall–Kier alpha value is -1.84. The van der Waals surface area contributed by atoms with Gasteiger partial charge in [-0.15, -0.1) is 11.6 Å². The molecule has 0 saturated carbocycles. The molecule has 3 nitrogen and oxygen atoms in total. The Morgan fingerprint density at radius 3 is 2.23 bits per heavy atom. The summed E-state index contributed by atoms with van der Waals surface area (Å²) in [5, 5.41) is 0. The Morgan fingerprint density at radius 2 is 1.62 bits per heavy atom. The first-order valence-corrected chi connectivity index (χ1v) is 10.0. The molecule has 2 aromatic carbocycles. The molecule has 0 aromatic heterocycles. The number of piperidine rings is 1. The van der Waals surface area contributed by atoms with Crippen LogP contribution in [0.4, 0.5) is 5.69 Å². The highest BCUT2D eigenvalue weighted by Crippen LogP contribution is 2.25. The molecule has 138 valence electrons. The maximum absolute atomic E-state index is 12.8. The van der Waals surface area contributed by atoms with E-state index in [4.69, 9.17) is 11.6 Å². The fraction of sp³-hybridized carbons (Fsp3) is 0.409. The minimum absolute atomic E-state index is 0.193. The number of halogens is 1. The van der Waals surface area contributed by atoms with Gasteiger partial charge in [0.1, 0.15) is 0 Å². The number of hydrogen-bond donors (Lipinski definition) is 0. The minimum atomic E-state index is 0.193. The van der Waals surface area contributed by atoms with Crippen LogP contribution in [0.3, 0.4) is 0 Å². The smallest absolute Gasteiger partial charge is 0.227 e. The number of para-hydroxylation sites is 1. The van der Waals surface area contributed by atoms with Crippen molar-refractivity contribution < 1.29 is 4.79 Å². The van der Waals surface area contributed by atoms with E-state index in [2.05, 4.69) is 35.2 Å². The monoisotopic (exact) mass is 370 g/mol. The van der Waals surface area contributed by atoms with Crippen molar-refractivity contribution in [1.82, 2.24) is 4.90 Å². The Bertz CT molecular complexity index is 669. The van der Waals surface area contributed by atoms with E-state index in [-0.39, 0.29) is 11.9 Å². The van der Waals surface area contributed by atoms with Gasteiger partial charge in [-0.1, -0.05) is 48.5 Å². The molecule has 0 bridgehead atoms. The molecule has 1 aliphatic heterocycles. The molecular formula is C22H27ClN2O. The summed E-state index contributed by atoms with van der Waals surface area (Å²) in [6.07, 6.45) is 3.27. The van der Waals surface area contributed by atoms with Crippen molar-refractivity contribution in [3.05, 3.63) is 66.2 Å². The predicted molar refractivity (Wildman–Crippen MR) is 109 cm³/mol. The number of benzene rings is 2. The highest BCUT2D eigenvalue weighted by molar-refractivity contribution is 6.18. The van der Waals surface area contributed by atoms with Gasteiger partial charge in [-0.25, -0.2) is 0 Å². The first kappa shape index (κ1) is 18.9. The summed E-state index contributed by atoms with van der Waals surface area (Å²) >= 11 is 5.80. The van der Waals surface area contributed by atoms with Gasteiger partial charge in [0.15, 0.2) is 0 Å². The Kier molecular flexibility index (Phi) is 7.10. The van der Waals surface area contributed by atoms with Crippen LogP contribution in [0.1, 0.15) is 31.2 Å². The summed E-state index contributed by atoms with van der Waals surface area (Å²) < 4.78 is 0. The lowest BCUT2D eigenvalue weighted by atomic mass is 10.0. The summed E-state index contributed by atoms with van der Waals surface area (Å²) in [5.74, 6) is 0.725. The van der Waals surface area contributed by atoms with Gasteiger partial charge in [0.05, 0.1) is 0 Å². The second kappa shape index (κ2) is 9.75. The average molecular weight is 371 g/mol. The largest absolute Gasteiger partial charge is 0.309 e. The fourth-order valence-corrected chi connectivity index (χ4v) is 3.80. The summed E-state index contributed by atoms with van der Waals surface area (Å²) in [5.41, 5.74) is 2.36. The van der Waals surface area contributed by atoms with Crippen LogP contribution in [-0.4, -0.2) is 35.8 Å². The number of likely N-dealkylation sites (tertiary alicyclic amines) is 1. The molecule has 1 saturated heterocycles. The minimum Gasteiger partial charge on any atom is -0.309 e. The maximum Gasteiger partial charge on any atom is 0.227 e. The summed E-state index contributed by atoms with van der Waals surface area (Å²) in [6, 6.07) is 20.9. The summed E-state index contributed by atoms with van der Waals surface area (Å²) in [4.78, 5) is 17.3. The van der Waals surface area contributed by atoms with Crippen molar-refractivity contribution in [2.24, 2.45) is 0 Å². The van der Waals surface area contributed by atoms with Gasteiger partial charge in [0.2, 0.25) is 5.91 Å². The molecule has 0 unspecified atom stereocenters. The molecule has 3 rings (SSSR count). The van der Waals surface area contributed by atoms with Crippen LogP contribution in [0.15, 0.2) is 60.7 Å². The lowest BCUT2D eigenvalue weighted by Gasteiger charge is -2.38. The van der Waals surface area contributed by atoms with Crippen LogP contribution >= 0.6 is 11.6 Å². The molecule has 1 fully saturated rings. The quantitative estimate of drug-likeness (QED) is 0.659. The zero-order valence-electron chi connectivity index (χ0n) is 15.2. The third-order valence-corrected chi connectivity index (χ3v) is 5.27. The van der Waals surface area contributed by atoms with Crippen LogP contribution in [0.2, 0.25) is 0 Å². The number of hydrogen-bond acceptors (Lipinski definition) is 2. The Morgan fingerprint density at radius 1 is 1.00 bits per heavy atom.